The number of phenols is 1. The number of thiocarbonyl (C=S) groups is 1. The molecule has 0 aromatic heterocycles. The Balaban J connectivity index is 2.41. The second-order valence-corrected chi connectivity index (χ2v) is 7.25. The molecule has 0 bridgehead atoms. The first-order valence-electron chi connectivity index (χ1n) is 6.06. The van der Waals surface area contributed by atoms with Crippen LogP contribution in [0.1, 0.15) is 31.9 Å². The third-order valence-electron chi connectivity index (χ3n) is 2.95. The maximum absolute atomic E-state index is 11.8. The van der Waals surface area contributed by atoms with E-state index in [1.807, 2.05) is 26.8 Å². The van der Waals surface area contributed by atoms with Gasteiger partial charge >= 0.3 is 0 Å². The number of nitrogens with two attached hydrogens (primary N) is 1. The number of nitrogens with zero attached hydrogens (tertiary/aromatic N) is 1. The second kappa shape index (κ2) is 5.20. The number of phenolic OH excluding ortho intramolecular Hbond substituents is 1. The quantitative estimate of drug-likeness (QED) is 0.361. The molecule has 2 rings (SSSR count). The van der Waals surface area contributed by atoms with Gasteiger partial charge in [0.05, 0.1) is 4.91 Å². The molecule has 0 aliphatic carbocycles. The van der Waals surface area contributed by atoms with Gasteiger partial charge in [-0.15, -0.1) is 0 Å². The maximum atomic E-state index is 11.8. The van der Waals surface area contributed by atoms with Crippen LogP contribution in [0.3, 0.4) is 0 Å². The molecule has 106 valence electrons. The largest absolute Gasteiger partial charge is 0.508 e. The summed E-state index contributed by atoms with van der Waals surface area (Å²) >= 11 is 6.16. The lowest BCUT2D eigenvalue weighted by Crippen LogP contribution is -2.34. The molecule has 1 aromatic carbocycles. The van der Waals surface area contributed by atoms with Crippen molar-refractivity contribution in [3.8, 4) is 5.75 Å². The minimum absolute atomic E-state index is 0.180. The number of hydrogen-bond acceptors (Lipinski definition) is 5. The monoisotopic (exact) mass is 308 g/mol. The van der Waals surface area contributed by atoms with Gasteiger partial charge in [-0.1, -0.05) is 50.8 Å². The van der Waals surface area contributed by atoms with E-state index >= 15 is 0 Å². The highest BCUT2D eigenvalue weighted by molar-refractivity contribution is 8.26. The SMILES string of the molecule is CC(C)(C)c1cc(/C=C2\SC(=S)N(N)C2=O)ccc1O. The Morgan fingerprint density at radius 1 is 1.40 bits per heavy atom. The Bertz CT molecular complexity index is 618. The minimum Gasteiger partial charge on any atom is -0.508 e. The Morgan fingerprint density at radius 3 is 2.55 bits per heavy atom. The average Bonchev–Trinajstić information content (AvgIpc) is 2.58. The van der Waals surface area contributed by atoms with Crippen molar-refractivity contribution in [2.24, 2.45) is 5.84 Å². The fourth-order valence-electron chi connectivity index (χ4n) is 1.88. The van der Waals surface area contributed by atoms with Gasteiger partial charge in [-0.25, -0.2) is 10.9 Å². The van der Waals surface area contributed by atoms with Crippen LogP contribution < -0.4 is 5.84 Å². The number of carbonyl (C=O) groups is 1. The normalized spacial score (nSPS) is 18.2. The lowest BCUT2D eigenvalue weighted by atomic mass is 9.85. The third kappa shape index (κ3) is 2.87. The molecule has 20 heavy (non-hydrogen) atoms. The van der Waals surface area contributed by atoms with Gasteiger partial charge < -0.3 is 5.11 Å². The van der Waals surface area contributed by atoms with Crippen molar-refractivity contribution in [2.45, 2.75) is 26.2 Å². The number of hydrogen-bond donors (Lipinski definition) is 2. The van der Waals surface area contributed by atoms with Crippen molar-refractivity contribution in [3.05, 3.63) is 34.2 Å². The number of benzene rings is 1. The van der Waals surface area contributed by atoms with Gasteiger partial charge in [-0.05, 0) is 34.8 Å². The number of hydrazine groups is 1. The van der Waals surface area contributed by atoms with Gasteiger partial charge in [0.25, 0.3) is 5.91 Å². The van der Waals surface area contributed by atoms with Gasteiger partial charge in [0.15, 0.2) is 4.32 Å². The van der Waals surface area contributed by atoms with E-state index in [9.17, 15) is 9.90 Å². The second-order valence-electron chi connectivity index (χ2n) is 5.58. The van der Waals surface area contributed by atoms with Crippen LogP contribution in [0, 0.1) is 0 Å². The van der Waals surface area contributed by atoms with Crippen molar-refractivity contribution in [2.75, 3.05) is 0 Å². The molecule has 1 fully saturated rings. The lowest BCUT2D eigenvalue weighted by molar-refractivity contribution is -0.122. The minimum atomic E-state index is -0.301. The number of aromatic hydroxyl groups is 1. The van der Waals surface area contributed by atoms with E-state index in [-0.39, 0.29) is 17.1 Å². The molecule has 1 amide bonds. The van der Waals surface area contributed by atoms with E-state index in [4.69, 9.17) is 18.1 Å². The molecule has 0 unspecified atom stereocenters. The fourth-order valence-corrected chi connectivity index (χ4v) is 2.98. The van der Waals surface area contributed by atoms with Crippen LogP contribution in [0.25, 0.3) is 6.08 Å². The van der Waals surface area contributed by atoms with E-state index in [0.717, 1.165) is 16.1 Å². The van der Waals surface area contributed by atoms with E-state index in [0.29, 0.717) is 9.23 Å². The maximum Gasteiger partial charge on any atom is 0.280 e. The molecule has 6 heteroatoms. The molecular formula is C14H16N2O2S2. The molecule has 0 saturated carbocycles. The first kappa shape index (κ1) is 15.0. The highest BCUT2D eigenvalue weighted by Gasteiger charge is 2.29. The smallest absolute Gasteiger partial charge is 0.280 e. The van der Waals surface area contributed by atoms with Crippen LogP contribution in [0.15, 0.2) is 23.1 Å². The first-order valence-corrected chi connectivity index (χ1v) is 7.29. The molecule has 1 aromatic rings. The van der Waals surface area contributed by atoms with Crippen molar-refractivity contribution in [3.63, 3.8) is 0 Å². The summed E-state index contributed by atoms with van der Waals surface area (Å²) in [6.45, 7) is 6.06. The Labute approximate surface area is 127 Å². The zero-order valence-corrected chi connectivity index (χ0v) is 13.1. The summed E-state index contributed by atoms with van der Waals surface area (Å²) in [6.07, 6.45) is 1.74. The molecule has 0 atom stereocenters. The van der Waals surface area contributed by atoms with Crippen LogP contribution in [0.4, 0.5) is 0 Å². The Kier molecular flexibility index (Phi) is 3.90. The summed E-state index contributed by atoms with van der Waals surface area (Å²) < 4.78 is 0.344. The summed E-state index contributed by atoms with van der Waals surface area (Å²) in [6, 6.07) is 5.27. The predicted octanol–water partition coefficient (Wildman–Crippen LogP) is 2.76. The molecular weight excluding hydrogens is 292 g/mol. The summed E-state index contributed by atoms with van der Waals surface area (Å²) in [4.78, 5) is 12.3. The highest BCUT2D eigenvalue weighted by Crippen LogP contribution is 2.34. The summed E-state index contributed by atoms with van der Waals surface area (Å²) in [5.41, 5.74) is 1.48. The third-order valence-corrected chi connectivity index (χ3v) is 4.28. The summed E-state index contributed by atoms with van der Waals surface area (Å²) in [5.74, 6) is 5.48. The topological polar surface area (TPSA) is 66.6 Å². The fraction of sp³-hybridized carbons (Fsp3) is 0.286. The van der Waals surface area contributed by atoms with Gasteiger partial charge in [-0.2, -0.15) is 0 Å². The highest BCUT2D eigenvalue weighted by atomic mass is 32.2. The molecule has 0 spiro atoms. The van der Waals surface area contributed by atoms with Crippen LogP contribution >= 0.6 is 24.0 Å². The van der Waals surface area contributed by atoms with Crippen LogP contribution in [-0.4, -0.2) is 20.3 Å². The zero-order valence-electron chi connectivity index (χ0n) is 11.5. The van der Waals surface area contributed by atoms with Gasteiger partial charge in [0, 0.05) is 0 Å². The zero-order chi connectivity index (χ0) is 15.1. The first-order chi connectivity index (χ1) is 9.20. The van der Waals surface area contributed by atoms with Gasteiger partial charge in [-0.3, -0.25) is 4.79 Å². The lowest BCUT2D eigenvalue weighted by Gasteiger charge is -2.20. The standard InChI is InChI=1S/C14H16N2O2S2/c1-14(2,3)9-6-8(4-5-10(9)17)7-11-12(18)16(15)13(19)20-11/h4-7,17H,15H2,1-3H3/b11-7-. The van der Waals surface area contributed by atoms with Crippen molar-refractivity contribution >= 4 is 40.3 Å². The van der Waals surface area contributed by atoms with Crippen LogP contribution in [0.5, 0.6) is 5.75 Å². The summed E-state index contributed by atoms with van der Waals surface area (Å²) in [7, 11) is 0. The molecule has 3 N–H and O–H groups in total. The predicted molar refractivity (Wildman–Crippen MR) is 86.0 cm³/mol. The number of carbonyl (C=O) groups excluding carboxylic acids is 1. The van der Waals surface area contributed by atoms with Crippen molar-refractivity contribution < 1.29 is 9.90 Å². The van der Waals surface area contributed by atoms with E-state index in [1.165, 1.54) is 11.8 Å². The molecule has 1 aliphatic rings. The molecule has 1 aliphatic heterocycles. The van der Waals surface area contributed by atoms with E-state index in [2.05, 4.69) is 0 Å². The van der Waals surface area contributed by atoms with Crippen LogP contribution in [-0.2, 0) is 10.2 Å². The molecule has 0 radical (unpaired) electrons. The van der Waals surface area contributed by atoms with E-state index < -0.39 is 0 Å². The molecule has 4 nitrogen and oxygen atoms in total. The average molecular weight is 308 g/mol. The Morgan fingerprint density at radius 2 is 2.05 bits per heavy atom. The Hall–Kier alpha value is -1.37. The van der Waals surface area contributed by atoms with Crippen molar-refractivity contribution in [1.29, 1.82) is 0 Å². The number of rotatable bonds is 1. The summed E-state index contributed by atoms with van der Waals surface area (Å²) in [5, 5.41) is 10.9. The molecule has 1 heterocycles. The molecule has 1 saturated heterocycles. The van der Waals surface area contributed by atoms with E-state index in [1.54, 1.807) is 18.2 Å². The van der Waals surface area contributed by atoms with Gasteiger partial charge in [0.2, 0.25) is 0 Å². The number of thioether (sulfide) groups is 1. The van der Waals surface area contributed by atoms with Gasteiger partial charge in [0.1, 0.15) is 5.75 Å². The number of amides is 1. The van der Waals surface area contributed by atoms with Crippen molar-refractivity contribution in [1.82, 2.24) is 5.01 Å². The van der Waals surface area contributed by atoms with Crippen LogP contribution in [0.2, 0.25) is 0 Å².